The Kier molecular flexibility index (Phi) is 1.88. The van der Waals surface area contributed by atoms with Crippen LogP contribution in [-0.2, 0) is 9.57 Å². The Bertz CT molecular complexity index is 177. The van der Waals surface area contributed by atoms with E-state index in [9.17, 15) is 5.11 Å². The van der Waals surface area contributed by atoms with E-state index in [2.05, 4.69) is 0 Å². The van der Waals surface area contributed by atoms with Crippen molar-refractivity contribution in [3.8, 4) is 0 Å². The first-order valence-electron chi connectivity index (χ1n) is 4.34. The van der Waals surface area contributed by atoms with E-state index < -0.39 is 6.10 Å². The fourth-order valence-corrected chi connectivity index (χ4v) is 2.02. The van der Waals surface area contributed by atoms with E-state index in [0.717, 1.165) is 0 Å². The first-order chi connectivity index (χ1) is 5.61. The van der Waals surface area contributed by atoms with Crippen LogP contribution in [0.2, 0.25) is 0 Å². The van der Waals surface area contributed by atoms with Gasteiger partial charge in [-0.2, -0.15) is 5.06 Å². The second-order valence-electron chi connectivity index (χ2n) is 3.64. The number of hydroxylamine groups is 2. The van der Waals surface area contributed by atoms with Gasteiger partial charge in [-0.15, -0.1) is 0 Å². The van der Waals surface area contributed by atoms with Crippen molar-refractivity contribution in [3.63, 3.8) is 0 Å². The standard InChI is InChI=1S/C8H15NO3/c1-4-7(10)6-8(5(2)11-4)12-9(6)3/h4-8,10H,1-3H3/t4-,5?,6?,7?,8-/m1/s1. The van der Waals surface area contributed by atoms with Gasteiger partial charge >= 0.3 is 0 Å². The van der Waals surface area contributed by atoms with Crippen molar-refractivity contribution >= 4 is 0 Å². The summed E-state index contributed by atoms with van der Waals surface area (Å²) in [4.78, 5) is 5.32. The summed E-state index contributed by atoms with van der Waals surface area (Å²) in [7, 11) is 1.84. The minimum atomic E-state index is -0.426. The Morgan fingerprint density at radius 3 is 2.50 bits per heavy atom. The second kappa shape index (κ2) is 2.67. The minimum absolute atomic E-state index is 0.0428. The smallest absolute Gasteiger partial charge is 0.125 e. The van der Waals surface area contributed by atoms with Crippen LogP contribution in [-0.4, -0.2) is 47.7 Å². The van der Waals surface area contributed by atoms with Gasteiger partial charge in [0.15, 0.2) is 0 Å². The van der Waals surface area contributed by atoms with Crippen LogP contribution in [0.25, 0.3) is 0 Å². The third-order valence-corrected chi connectivity index (χ3v) is 2.77. The molecule has 0 saturated carbocycles. The van der Waals surface area contributed by atoms with Crippen LogP contribution in [0.15, 0.2) is 0 Å². The molecule has 2 fully saturated rings. The summed E-state index contributed by atoms with van der Waals surface area (Å²) in [5.74, 6) is 0. The molecule has 0 spiro atoms. The number of nitrogens with zero attached hydrogens (tertiary/aromatic N) is 1. The number of hydrogen-bond acceptors (Lipinski definition) is 4. The summed E-state index contributed by atoms with van der Waals surface area (Å²) in [6.45, 7) is 3.87. The molecular formula is C8H15NO3. The Balaban J connectivity index is 2.10. The maximum absolute atomic E-state index is 9.71. The van der Waals surface area contributed by atoms with Crippen LogP contribution >= 0.6 is 0 Å². The average Bonchev–Trinajstić information content (AvgIpc) is 1.97. The van der Waals surface area contributed by atoms with Crippen LogP contribution < -0.4 is 0 Å². The highest BCUT2D eigenvalue weighted by molar-refractivity contribution is 4.98. The number of fused-ring (bicyclic) bond motifs is 1. The first-order valence-corrected chi connectivity index (χ1v) is 4.34. The molecule has 0 aromatic rings. The van der Waals surface area contributed by atoms with Crippen molar-refractivity contribution in [2.45, 2.75) is 44.3 Å². The minimum Gasteiger partial charge on any atom is -0.389 e. The van der Waals surface area contributed by atoms with Crippen LogP contribution in [0.5, 0.6) is 0 Å². The largest absolute Gasteiger partial charge is 0.389 e. The van der Waals surface area contributed by atoms with Gasteiger partial charge in [-0.3, -0.25) is 4.84 Å². The molecule has 0 amide bonds. The van der Waals surface area contributed by atoms with E-state index in [4.69, 9.17) is 9.57 Å². The normalized spacial score (nSPS) is 54.5. The lowest BCUT2D eigenvalue weighted by Gasteiger charge is -2.54. The molecule has 2 heterocycles. The van der Waals surface area contributed by atoms with E-state index in [1.165, 1.54) is 0 Å². The third-order valence-electron chi connectivity index (χ3n) is 2.77. The molecule has 12 heavy (non-hydrogen) atoms. The molecule has 0 radical (unpaired) electrons. The lowest BCUT2D eigenvalue weighted by Crippen LogP contribution is -2.71. The first kappa shape index (κ1) is 8.44. The predicted molar refractivity (Wildman–Crippen MR) is 42.4 cm³/mol. The molecule has 0 aliphatic carbocycles. The number of rotatable bonds is 0. The van der Waals surface area contributed by atoms with E-state index in [0.29, 0.717) is 0 Å². The summed E-state index contributed by atoms with van der Waals surface area (Å²) in [6, 6.07) is 0.115. The second-order valence-corrected chi connectivity index (χ2v) is 3.64. The lowest BCUT2D eigenvalue weighted by molar-refractivity contribution is -0.393. The number of aliphatic hydroxyl groups excluding tert-OH is 1. The zero-order valence-corrected chi connectivity index (χ0v) is 7.60. The number of hydrogen-bond donors (Lipinski definition) is 1. The summed E-state index contributed by atoms with van der Waals surface area (Å²) < 4.78 is 5.48. The molecule has 0 aromatic carbocycles. The van der Waals surface area contributed by atoms with Gasteiger partial charge in [0, 0.05) is 7.05 Å². The molecule has 4 nitrogen and oxygen atoms in total. The fourth-order valence-electron chi connectivity index (χ4n) is 2.02. The van der Waals surface area contributed by atoms with Crippen molar-refractivity contribution in [2.75, 3.05) is 7.05 Å². The molecular weight excluding hydrogens is 158 g/mol. The van der Waals surface area contributed by atoms with Crippen LogP contribution in [0.1, 0.15) is 13.8 Å². The van der Waals surface area contributed by atoms with E-state index in [-0.39, 0.29) is 24.4 Å². The van der Waals surface area contributed by atoms with Crippen LogP contribution in [0.3, 0.4) is 0 Å². The number of aliphatic hydroxyl groups is 1. The highest BCUT2D eigenvalue weighted by Crippen LogP contribution is 2.33. The van der Waals surface area contributed by atoms with E-state index in [1.54, 1.807) is 5.06 Å². The molecule has 2 saturated heterocycles. The zero-order chi connectivity index (χ0) is 8.88. The molecule has 2 rings (SSSR count). The number of ether oxygens (including phenoxy) is 1. The summed E-state index contributed by atoms with van der Waals surface area (Å²) in [5.41, 5.74) is 0. The number of likely N-dealkylation sites (N-methyl/N-ethyl adjacent to an activating group) is 1. The van der Waals surface area contributed by atoms with Crippen molar-refractivity contribution in [2.24, 2.45) is 0 Å². The summed E-state index contributed by atoms with van der Waals surface area (Å²) in [5, 5.41) is 11.4. The molecule has 1 N–H and O–H groups in total. The van der Waals surface area contributed by atoms with Crippen molar-refractivity contribution in [3.05, 3.63) is 0 Å². The Hall–Kier alpha value is -0.160. The van der Waals surface area contributed by atoms with Gasteiger partial charge in [-0.05, 0) is 13.8 Å². The Morgan fingerprint density at radius 1 is 1.25 bits per heavy atom. The average molecular weight is 173 g/mol. The maximum Gasteiger partial charge on any atom is 0.125 e. The Morgan fingerprint density at radius 2 is 1.92 bits per heavy atom. The summed E-state index contributed by atoms with van der Waals surface area (Å²) in [6.07, 6.45) is -0.386. The van der Waals surface area contributed by atoms with Gasteiger partial charge < -0.3 is 9.84 Å². The molecule has 3 unspecified atom stereocenters. The third kappa shape index (κ3) is 0.992. The van der Waals surface area contributed by atoms with Crippen molar-refractivity contribution in [1.29, 1.82) is 0 Å². The van der Waals surface area contributed by atoms with Crippen LogP contribution in [0.4, 0.5) is 0 Å². The lowest BCUT2D eigenvalue weighted by atomic mass is 9.91. The fraction of sp³-hybridized carbons (Fsp3) is 1.00. The highest BCUT2D eigenvalue weighted by Gasteiger charge is 2.52. The highest BCUT2D eigenvalue weighted by atomic mass is 16.7. The molecule has 2 aliphatic rings. The maximum atomic E-state index is 9.71. The zero-order valence-electron chi connectivity index (χ0n) is 7.60. The van der Waals surface area contributed by atoms with Gasteiger partial charge in [-0.1, -0.05) is 0 Å². The van der Waals surface area contributed by atoms with E-state index >= 15 is 0 Å². The molecule has 4 heteroatoms. The van der Waals surface area contributed by atoms with Crippen LogP contribution in [0, 0.1) is 0 Å². The topological polar surface area (TPSA) is 41.9 Å². The molecule has 0 bridgehead atoms. The quantitative estimate of drug-likeness (QED) is 0.549. The van der Waals surface area contributed by atoms with Gasteiger partial charge in [0.2, 0.25) is 0 Å². The molecule has 0 aromatic heterocycles. The SMILES string of the molecule is CC1O[C@H](C)C(O)C2[C@@H]1ON2C. The van der Waals surface area contributed by atoms with E-state index in [1.807, 2.05) is 20.9 Å². The summed E-state index contributed by atoms with van der Waals surface area (Å²) >= 11 is 0. The van der Waals surface area contributed by atoms with Gasteiger partial charge in [0.1, 0.15) is 12.2 Å². The van der Waals surface area contributed by atoms with Gasteiger partial charge in [0.25, 0.3) is 0 Å². The molecule has 2 aliphatic heterocycles. The van der Waals surface area contributed by atoms with Gasteiger partial charge in [-0.25, -0.2) is 0 Å². The van der Waals surface area contributed by atoms with Crippen molar-refractivity contribution in [1.82, 2.24) is 5.06 Å². The monoisotopic (exact) mass is 173 g/mol. The predicted octanol–water partition coefficient (Wildman–Crippen LogP) is -0.231. The molecule has 70 valence electrons. The molecule has 5 atom stereocenters. The van der Waals surface area contributed by atoms with Gasteiger partial charge in [0.05, 0.1) is 18.2 Å². The van der Waals surface area contributed by atoms with Crippen molar-refractivity contribution < 1.29 is 14.7 Å². The Labute approximate surface area is 72.0 Å².